The third-order valence-corrected chi connectivity index (χ3v) is 4.21. The zero-order valence-corrected chi connectivity index (χ0v) is 16.2. The van der Waals surface area contributed by atoms with Crippen molar-refractivity contribution in [1.82, 2.24) is 9.97 Å². The molecule has 1 aliphatic heterocycles. The summed E-state index contributed by atoms with van der Waals surface area (Å²) in [4.78, 5) is 21.9. The molecule has 1 aromatic carbocycles. The predicted octanol–water partition coefficient (Wildman–Crippen LogP) is 4.83. The van der Waals surface area contributed by atoms with Crippen LogP contribution in [0.3, 0.4) is 0 Å². The lowest BCUT2D eigenvalue weighted by Crippen LogP contribution is -2.17. The molecule has 2 heterocycles. The lowest BCUT2D eigenvalue weighted by molar-refractivity contribution is -0.138. The summed E-state index contributed by atoms with van der Waals surface area (Å²) in [6.45, 7) is 7.30. The molecule has 0 amide bonds. The maximum Gasteiger partial charge on any atom is 0.419 e. The molecule has 0 atom stereocenters. The topological polar surface area (TPSA) is 55.3 Å². The smallest absolute Gasteiger partial charge is 0.381 e. The quantitative estimate of drug-likeness (QED) is 0.518. The van der Waals surface area contributed by atoms with Gasteiger partial charge in [-0.15, -0.1) is 0 Å². The number of Topliss-reactive ketones (excluding diaryl/α,β-unsaturated/α-hetero) is 1. The highest BCUT2D eigenvalue weighted by Crippen LogP contribution is 2.36. The van der Waals surface area contributed by atoms with Gasteiger partial charge in [0.1, 0.15) is 0 Å². The van der Waals surface area contributed by atoms with E-state index >= 15 is 0 Å². The highest BCUT2D eigenvalue weighted by atomic mass is 19.4. The zero-order valence-electron chi connectivity index (χ0n) is 16.2. The van der Waals surface area contributed by atoms with Crippen LogP contribution >= 0.6 is 0 Å². The molecule has 3 rings (SSSR count). The number of hydrogen-bond acceptors (Lipinski definition) is 5. The Morgan fingerprint density at radius 3 is 2.50 bits per heavy atom. The summed E-state index contributed by atoms with van der Waals surface area (Å²) in [6, 6.07) is 5.35. The van der Waals surface area contributed by atoms with Gasteiger partial charge in [-0.2, -0.15) is 13.2 Å². The average molecular weight is 395 g/mol. The number of rotatable bonds is 6. The van der Waals surface area contributed by atoms with Crippen molar-refractivity contribution in [3.8, 4) is 0 Å². The summed E-state index contributed by atoms with van der Waals surface area (Å²) < 4.78 is 43.2. The summed E-state index contributed by atoms with van der Waals surface area (Å²) in [6.07, 6.45) is -2.02. The minimum Gasteiger partial charge on any atom is -0.381 e. The van der Waals surface area contributed by atoms with Crippen LogP contribution in [-0.4, -0.2) is 35.5 Å². The van der Waals surface area contributed by atoms with Gasteiger partial charge >= 0.3 is 6.18 Å². The number of nitrogens with zero attached hydrogens (tertiary/aromatic N) is 3. The minimum atomic E-state index is -4.47. The molecule has 0 saturated carbocycles. The third kappa shape index (κ3) is 4.86. The summed E-state index contributed by atoms with van der Waals surface area (Å²) in [5.41, 5.74) is 1.36. The number of benzene rings is 1. The molecule has 0 spiro atoms. The van der Waals surface area contributed by atoms with Crippen LogP contribution in [0, 0.1) is 0 Å². The van der Waals surface area contributed by atoms with Crippen LogP contribution in [-0.2, 0) is 17.3 Å². The lowest BCUT2D eigenvalue weighted by atomic mass is 10.00. The van der Waals surface area contributed by atoms with Crippen molar-refractivity contribution in [3.63, 3.8) is 0 Å². The number of alkyl halides is 3. The maximum atomic E-state index is 12.7. The number of carbonyl (C=O) groups excluding carboxylic acids is 1. The molecule has 0 unspecified atom stereocenters. The van der Waals surface area contributed by atoms with Gasteiger partial charge in [0.15, 0.2) is 5.78 Å². The van der Waals surface area contributed by atoms with Crippen molar-refractivity contribution >= 4 is 17.4 Å². The standard InChI is InChI=1S/C18H18F3N3O2.C2H6/c1-2-26-9-7-16(25)14-4-3-5-15-13(14)6-8-24(15)17-22-10-12(11-23-17)18(19,20)21;1-2/h3-5,10-11H,2,6-9H2,1H3;1-2H3. The first-order valence-electron chi connectivity index (χ1n) is 9.31. The summed E-state index contributed by atoms with van der Waals surface area (Å²) in [7, 11) is 0. The number of fused-ring (bicyclic) bond motifs is 1. The third-order valence-electron chi connectivity index (χ3n) is 4.21. The molecule has 0 radical (unpaired) electrons. The Morgan fingerprint density at radius 2 is 1.89 bits per heavy atom. The molecule has 8 heteroatoms. The normalized spacial score (nSPS) is 13.0. The molecule has 2 aromatic rings. The van der Waals surface area contributed by atoms with Gasteiger partial charge in [-0.25, -0.2) is 9.97 Å². The Hall–Kier alpha value is -2.48. The van der Waals surface area contributed by atoms with Gasteiger partial charge in [-0.3, -0.25) is 4.79 Å². The Morgan fingerprint density at radius 1 is 1.21 bits per heavy atom. The minimum absolute atomic E-state index is 0.00881. The van der Waals surface area contributed by atoms with Gasteiger partial charge in [0.05, 0.1) is 12.2 Å². The van der Waals surface area contributed by atoms with E-state index in [1.54, 1.807) is 17.0 Å². The van der Waals surface area contributed by atoms with E-state index in [2.05, 4.69) is 9.97 Å². The van der Waals surface area contributed by atoms with Crippen molar-refractivity contribution in [1.29, 1.82) is 0 Å². The van der Waals surface area contributed by atoms with Crippen LogP contribution in [0.25, 0.3) is 0 Å². The van der Waals surface area contributed by atoms with E-state index < -0.39 is 11.7 Å². The van der Waals surface area contributed by atoms with E-state index in [1.807, 2.05) is 26.8 Å². The van der Waals surface area contributed by atoms with E-state index in [1.165, 1.54) is 0 Å². The van der Waals surface area contributed by atoms with Crippen LogP contribution in [0.1, 0.15) is 48.7 Å². The Bertz CT molecular complexity index is 792. The SMILES string of the molecule is CC.CCOCCC(=O)c1cccc2c1CCN2c1ncc(C(F)(F)F)cn1. The first kappa shape index (κ1) is 21.8. The van der Waals surface area contributed by atoms with Crippen LogP contribution in [0.15, 0.2) is 30.6 Å². The second-order valence-corrected chi connectivity index (χ2v) is 5.84. The van der Waals surface area contributed by atoms with Gasteiger partial charge in [0.2, 0.25) is 5.95 Å². The van der Waals surface area contributed by atoms with Crippen LogP contribution < -0.4 is 4.90 Å². The molecular weight excluding hydrogens is 371 g/mol. The fourth-order valence-electron chi connectivity index (χ4n) is 2.95. The van der Waals surface area contributed by atoms with E-state index in [0.29, 0.717) is 38.2 Å². The van der Waals surface area contributed by atoms with Crippen molar-refractivity contribution in [2.24, 2.45) is 0 Å². The molecule has 28 heavy (non-hydrogen) atoms. The Labute approximate surface area is 162 Å². The van der Waals surface area contributed by atoms with Gasteiger partial charge in [0.25, 0.3) is 0 Å². The summed E-state index contributed by atoms with van der Waals surface area (Å²) in [5, 5.41) is 0. The second-order valence-electron chi connectivity index (χ2n) is 5.84. The van der Waals surface area contributed by atoms with Gasteiger partial charge in [-0.05, 0) is 25.0 Å². The number of aromatic nitrogens is 2. The van der Waals surface area contributed by atoms with Crippen molar-refractivity contribution in [2.45, 2.75) is 39.8 Å². The summed E-state index contributed by atoms with van der Waals surface area (Å²) >= 11 is 0. The average Bonchev–Trinajstić information content (AvgIpc) is 3.13. The fourth-order valence-corrected chi connectivity index (χ4v) is 2.95. The molecule has 0 N–H and O–H groups in total. The first-order chi connectivity index (χ1) is 13.4. The van der Waals surface area contributed by atoms with Crippen molar-refractivity contribution < 1.29 is 22.7 Å². The number of ketones is 1. The molecule has 152 valence electrons. The number of carbonyl (C=O) groups is 1. The van der Waals surface area contributed by atoms with Crippen molar-refractivity contribution in [3.05, 3.63) is 47.3 Å². The number of ether oxygens (including phenoxy) is 1. The number of anilines is 2. The van der Waals surface area contributed by atoms with E-state index in [9.17, 15) is 18.0 Å². The molecule has 1 aliphatic rings. The Balaban J connectivity index is 0.00000136. The van der Waals surface area contributed by atoms with E-state index in [0.717, 1.165) is 23.6 Å². The molecule has 0 bridgehead atoms. The molecular formula is C20H24F3N3O2. The maximum absolute atomic E-state index is 12.7. The van der Waals surface area contributed by atoms with Crippen LogP contribution in [0.2, 0.25) is 0 Å². The Kier molecular flexibility index (Phi) is 7.51. The van der Waals surface area contributed by atoms with E-state index in [4.69, 9.17) is 4.74 Å². The number of hydrogen-bond donors (Lipinski definition) is 0. The fraction of sp³-hybridized carbons (Fsp3) is 0.450. The van der Waals surface area contributed by atoms with Gasteiger partial charge in [-0.1, -0.05) is 26.0 Å². The molecule has 0 fully saturated rings. The first-order valence-corrected chi connectivity index (χ1v) is 9.31. The highest BCUT2D eigenvalue weighted by molar-refractivity contribution is 5.99. The number of halogens is 3. The van der Waals surface area contributed by atoms with Crippen LogP contribution in [0.4, 0.5) is 24.8 Å². The largest absolute Gasteiger partial charge is 0.419 e. The zero-order chi connectivity index (χ0) is 20.7. The molecule has 0 saturated heterocycles. The molecule has 5 nitrogen and oxygen atoms in total. The lowest BCUT2D eigenvalue weighted by Gasteiger charge is -2.18. The van der Waals surface area contributed by atoms with Crippen LogP contribution in [0.5, 0.6) is 0 Å². The van der Waals surface area contributed by atoms with Gasteiger partial charge < -0.3 is 9.64 Å². The monoisotopic (exact) mass is 395 g/mol. The van der Waals surface area contributed by atoms with Crippen molar-refractivity contribution in [2.75, 3.05) is 24.7 Å². The highest BCUT2D eigenvalue weighted by Gasteiger charge is 2.32. The van der Waals surface area contributed by atoms with Gasteiger partial charge in [0, 0.05) is 43.2 Å². The molecule has 0 aliphatic carbocycles. The summed E-state index contributed by atoms with van der Waals surface area (Å²) in [5.74, 6) is 0.182. The second kappa shape index (κ2) is 9.64. The predicted molar refractivity (Wildman–Crippen MR) is 101 cm³/mol. The van der Waals surface area contributed by atoms with E-state index in [-0.39, 0.29) is 11.7 Å². The molecule has 1 aromatic heterocycles.